The molecule has 0 saturated carbocycles. The second kappa shape index (κ2) is 11.6. The Morgan fingerprint density at radius 3 is 2.45 bits per heavy atom. The van der Waals surface area contributed by atoms with E-state index in [0.29, 0.717) is 34.0 Å². The lowest BCUT2D eigenvalue weighted by atomic mass is 10.0. The molecule has 11 nitrogen and oxygen atoms in total. The zero-order valence-electron chi connectivity index (χ0n) is 23.4. The number of allylic oxidation sites excluding steroid dienone is 3. The number of nitrogens with one attached hydrogen (secondary N) is 2. The Bertz CT molecular complexity index is 2070. The predicted molar refractivity (Wildman–Crippen MR) is 169 cm³/mol. The molecule has 2 heterocycles. The Kier molecular flexibility index (Phi) is 7.50. The summed E-state index contributed by atoms with van der Waals surface area (Å²) in [5.74, 6) is -0.136. The van der Waals surface area contributed by atoms with Crippen molar-refractivity contribution in [2.24, 2.45) is 5.92 Å². The molecule has 12 heteroatoms. The fourth-order valence-electron chi connectivity index (χ4n) is 5.10. The highest BCUT2D eigenvalue weighted by atomic mass is 32.2. The van der Waals surface area contributed by atoms with E-state index < -0.39 is 26.1 Å². The van der Waals surface area contributed by atoms with E-state index in [1.807, 2.05) is 31.2 Å². The number of non-ortho nitro benzene ring substituents is 1. The molecule has 0 saturated heterocycles. The summed E-state index contributed by atoms with van der Waals surface area (Å²) in [5, 5.41) is 16.9. The lowest BCUT2D eigenvalue weighted by Crippen LogP contribution is -2.31. The third-order valence-corrected chi connectivity index (χ3v) is 9.44. The molecule has 0 radical (unpaired) electrons. The molecule has 44 heavy (non-hydrogen) atoms. The van der Waals surface area contributed by atoms with Crippen molar-refractivity contribution < 1.29 is 18.1 Å². The van der Waals surface area contributed by atoms with Crippen LogP contribution in [-0.2, 0) is 10.0 Å². The number of hydrogen-bond donors (Lipinski definition) is 2. The van der Waals surface area contributed by atoms with Gasteiger partial charge in [-0.2, -0.15) is 0 Å². The van der Waals surface area contributed by atoms with Crippen LogP contribution in [0.3, 0.4) is 0 Å². The number of hydrogen-bond acceptors (Lipinski definition) is 8. The molecule has 6 rings (SSSR count). The number of carbonyl (C=O) groups excluding carboxylic acids is 1. The molecular weight excluding hydrogens is 580 g/mol. The first kappa shape index (κ1) is 28.5. The molecule has 220 valence electrons. The van der Waals surface area contributed by atoms with Gasteiger partial charge >= 0.3 is 0 Å². The van der Waals surface area contributed by atoms with Crippen molar-refractivity contribution in [3.8, 4) is 11.3 Å². The predicted octanol–water partition coefficient (Wildman–Crippen LogP) is 6.31. The van der Waals surface area contributed by atoms with Gasteiger partial charge in [0.2, 0.25) is 10.0 Å². The molecule has 3 aromatic carbocycles. The second-order valence-electron chi connectivity index (χ2n) is 10.2. The lowest BCUT2D eigenvalue weighted by molar-refractivity contribution is -0.384. The molecule has 2 N–H and O–H groups in total. The van der Waals surface area contributed by atoms with Gasteiger partial charge in [-0.1, -0.05) is 55.5 Å². The van der Waals surface area contributed by atoms with Gasteiger partial charge in [-0.3, -0.25) is 14.9 Å². The van der Waals surface area contributed by atoms with E-state index in [0.717, 1.165) is 5.39 Å². The van der Waals surface area contributed by atoms with Gasteiger partial charge in [-0.25, -0.2) is 22.4 Å². The number of anilines is 3. The molecule has 2 unspecified atom stereocenters. The summed E-state index contributed by atoms with van der Waals surface area (Å²) in [4.78, 5) is 31.8. The number of nitrogens with zero attached hydrogens (tertiary/aromatic N) is 4. The molecule has 0 fully saturated rings. The van der Waals surface area contributed by atoms with E-state index in [1.54, 1.807) is 60.8 Å². The van der Waals surface area contributed by atoms with E-state index >= 15 is 0 Å². The van der Waals surface area contributed by atoms with Crippen LogP contribution in [0.15, 0.2) is 116 Å². The normalized spacial score (nSPS) is 16.1. The number of fused-ring (bicyclic) bond motifs is 1. The SMILES string of the molecule is CC1C=CC=CC1S(=O)(=O)n1cc(-c2cc(Nc3cccc(NC(=O)c4ccc([N+](=O)[O-])cc4)c3)ncn2)c2ccccc21. The Morgan fingerprint density at radius 1 is 0.932 bits per heavy atom. The van der Waals surface area contributed by atoms with Gasteiger partial charge in [0.25, 0.3) is 11.6 Å². The first-order valence-corrected chi connectivity index (χ1v) is 15.2. The number of rotatable bonds is 8. The van der Waals surface area contributed by atoms with Crippen molar-refractivity contribution in [2.45, 2.75) is 12.2 Å². The highest BCUT2D eigenvalue weighted by Gasteiger charge is 2.32. The first-order chi connectivity index (χ1) is 21.2. The number of aromatic nitrogens is 3. The Hall–Kier alpha value is -5.62. The maximum atomic E-state index is 13.8. The number of amides is 1. The fourth-order valence-corrected chi connectivity index (χ4v) is 6.97. The first-order valence-electron chi connectivity index (χ1n) is 13.7. The molecule has 0 aliphatic heterocycles. The van der Waals surface area contributed by atoms with Gasteiger partial charge < -0.3 is 10.6 Å². The smallest absolute Gasteiger partial charge is 0.269 e. The minimum atomic E-state index is -3.77. The number of para-hydroxylation sites is 1. The average molecular weight is 607 g/mol. The molecule has 0 bridgehead atoms. The van der Waals surface area contributed by atoms with Crippen LogP contribution in [0.1, 0.15) is 17.3 Å². The average Bonchev–Trinajstić information content (AvgIpc) is 3.42. The zero-order chi connectivity index (χ0) is 30.8. The molecule has 1 amide bonds. The molecule has 0 spiro atoms. The van der Waals surface area contributed by atoms with E-state index in [2.05, 4.69) is 20.6 Å². The minimum absolute atomic E-state index is 0.100. The number of carbonyl (C=O) groups is 1. The van der Waals surface area contributed by atoms with E-state index in [-0.39, 0.29) is 17.2 Å². The molecule has 1 aliphatic carbocycles. The van der Waals surface area contributed by atoms with Gasteiger partial charge in [0.05, 0.1) is 16.1 Å². The van der Waals surface area contributed by atoms with E-state index in [9.17, 15) is 23.3 Å². The molecular formula is C32H26N6O5S. The van der Waals surface area contributed by atoms with Gasteiger partial charge in [0, 0.05) is 52.3 Å². The van der Waals surface area contributed by atoms with E-state index in [4.69, 9.17) is 0 Å². The third-order valence-electron chi connectivity index (χ3n) is 7.32. The Balaban J connectivity index is 1.26. The monoisotopic (exact) mass is 606 g/mol. The number of nitro groups is 1. The summed E-state index contributed by atoms with van der Waals surface area (Å²) < 4.78 is 28.9. The van der Waals surface area contributed by atoms with Crippen molar-refractivity contribution in [1.29, 1.82) is 0 Å². The van der Waals surface area contributed by atoms with Gasteiger partial charge in [-0.05, 0) is 42.3 Å². The van der Waals surface area contributed by atoms with Crippen LogP contribution in [-0.4, -0.2) is 38.4 Å². The quantitative estimate of drug-likeness (QED) is 0.154. The highest BCUT2D eigenvalue weighted by molar-refractivity contribution is 7.90. The summed E-state index contributed by atoms with van der Waals surface area (Å²) in [7, 11) is -3.77. The van der Waals surface area contributed by atoms with Crippen LogP contribution in [0.2, 0.25) is 0 Å². The third kappa shape index (κ3) is 5.57. The van der Waals surface area contributed by atoms with Crippen molar-refractivity contribution >= 4 is 49.7 Å². The summed E-state index contributed by atoms with van der Waals surface area (Å²) in [5.41, 5.74) is 3.04. The standard InChI is InChI=1S/C32H26N6O5S/c1-21-7-2-5-12-30(21)44(42,43)37-19-27(26-10-3-4-11-29(26)37)28-18-31(34-20-33-28)35-23-8-6-9-24(17-23)36-32(39)22-13-15-25(16-14-22)38(40)41/h2-21,30H,1H3,(H,36,39)(H,33,34,35). The van der Waals surface area contributed by atoms with Gasteiger partial charge in [-0.15, -0.1) is 0 Å². The largest absolute Gasteiger partial charge is 0.340 e. The summed E-state index contributed by atoms with van der Waals surface area (Å²) >= 11 is 0. The Morgan fingerprint density at radius 2 is 1.68 bits per heavy atom. The second-order valence-corrected chi connectivity index (χ2v) is 12.2. The fraction of sp³-hybridized carbons (Fsp3) is 0.0938. The van der Waals surface area contributed by atoms with Crippen molar-refractivity contribution in [1.82, 2.24) is 13.9 Å². The van der Waals surface area contributed by atoms with Crippen molar-refractivity contribution in [2.75, 3.05) is 10.6 Å². The summed E-state index contributed by atoms with van der Waals surface area (Å²) in [6, 6.07) is 21.4. The van der Waals surface area contributed by atoms with Crippen LogP contribution < -0.4 is 10.6 Å². The van der Waals surface area contributed by atoms with Gasteiger partial charge in [0.15, 0.2) is 0 Å². The minimum Gasteiger partial charge on any atom is -0.340 e. The molecule has 5 aromatic rings. The van der Waals surface area contributed by atoms with Crippen LogP contribution >= 0.6 is 0 Å². The lowest BCUT2D eigenvalue weighted by Gasteiger charge is -2.21. The maximum Gasteiger partial charge on any atom is 0.269 e. The van der Waals surface area contributed by atoms with Crippen LogP contribution in [0, 0.1) is 16.0 Å². The maximum absolute atomic E-state index is 13.8. The molecule has 2 aromatic heterocycles. The van der Waals surface area contributed by atoms with E-state index in [1.165, 1.54) is 34.6 Å². The number of nitro benzene ring substituents is 1. The van der Waals surface area contributed by atoms with Crippen LogP contribution in [0.4, 0.5) is 22.9 Å². The van der Waals surface area contributed by atoms with Crippen molar-refractivity contribution in [3.05, 3.63) is 131 Å². The summed E-state index contributed by atoms with van der Waals surface area (Å²) in [6.45, 7) is 1.88. The molecule has 1 aliphatic rings. The molecule has 2 atom stereocenters. The Labute approximate surface area is 252 Å². The summed E-state index contributed by atoms with van der Waals surface area (Å²) in [6.07, 6.45) is 10.2. The number of benzene rings is 3. The van der Waals surface area contributed by atoms with Crippen molar-refractivity contribution in [3.63, 3.8) is 0 Å². The van der Waals surface area contributed by atoms with Gasteiger partial charge in [0.1, 0.15) is 17.4 Å². The van der Waals surface area contributed by atoms with Crippen LogP contribution in [0.5, 0.6) is 0 Å². The highest BCUT2D eigenvalue weighted by Crippen LogP contribution is 2.34. The zero-order valence-corrected chi connectivity index (χ0v) is 24.2. The topological polar surface area (TPSA) is 149 Å². The van der Waals surface area contributed by atoms with Crippen LogP contribution in [0.25, 0.3) is 22.2 Å².